The van der Waals surface area contributed by atoms with E-state index < -0.39 is 11.3 Å². The van der Waals surface area contributed by atoms with Gasteiger partial charge in [0.2, 0.25) is 0 Å². The van der Waals surface area contributed by atoms with Crippen LogP contribution in [-0.4, -0.2) is 18.5 Å². The van der Waals surface area contributed by atoms with Crippen molar-refractivity contribution in [3.63, 3.8) is 0 Å². The third-order valence-corrected chi connectivity index (χ3v) is 5.52. The van der Waals surface area contributed by atoms with Crippen molar-refractivity contribution in [2.75, 3.05) is 10.5 Å². The first-order chi connectivity index (χ1) is 14.5. The van der Waals surface area contributed by atoms with Gasteiger partial charge in [0.25, 0.3) is 11.3 Å². The fourth-order valence-corrected chi connectivity index (χ4v) is 3.76. The molecule has 1 unspecified atom stereocenters. The SMILES string of the molecule is Nc1ccc(Cc2cc(-c3ccc(Br)cc3)n(-c3ccc(NS(=O)O)cc3)n2)cc1. The molecule has 30 heavy (non-hydrogen) atoms. The van der Waals surface area contributed by atoms with Gasteiger partial charge in [0.1, 0.15) is 0 Å². The summed E-state index contributed by atoms with van der Waals surface area (Å²) < 4.78 is 25.3. The number of nitrogens with two attached hydrogens (primary N) is 1. The smallest absolute Gasteiger partial charge is 0.259 e. The van der Waals surface area contributed by atoms with Crippen LogP contribution in [0.25, 0.3) is 16.9 Å². The molecule has 6 nitrogen and oxygen atoms in total. The first kappa shape index (κ1) is 20.3. The number of hydrogen-bond donors (Lipinski definition) is 3. The van der Waals surface area contributed by atoms with E-state index in [1.165, 1.54) is 0 Å². The number of rotatable bonds is 6. The van der Waals surface area contributed by atoms with E-state index in [4.69, 9.17) is 15.4 Å². The van der Waals surface area contributed by atoms with Crippen LogP contribution >= 0.6 is 15.9 Å². The summed E-state index contributed by atoms with van der Waals surface area (Å²) in [5.74, 6) is 0. The topological polar surface area (TPSA) is 93.2 Å². The Hall–Kier alpha value is -2.94. The van der Waals surface area contributed by atoms with Gasteiger partial charge in [-0.05, 0) is 60.2 Å². The number of nitrogens with one attached hydrogen (secondary N) is 1. The minimum atomic E-state index is -2.11. The Kier molecular flexibility index (Phi) is 5.98. The predicted octanol–water partition coefficient (Wildman–Crippen LogP) is 5.02. The molecule has 8 heteroatoms. The molecule has 0 saturated heterocycles. The third kappa shape index (κ3) is 4.79. The minimum Gasteiger partial charge on any atom is -0.399 e. The standard InChI is InChI=1S/C22H19BrN4O2S/c23-17-5-3-16(4-6-17)22-14-20(13-15-1-7-18(24)8-2-15)25-27(22)21-11-9-19(10-12-21)26-30(28)29/h1-12,14,26H,13,24H2,(H,28,29). The number of benzene rings is 3. The molecule has 0 aliphatic carbocycles. The first-order valence-electron chi connectivity index (χ1n) is 9.15. The molecule has 152 valence electrons. The van der Waals surface area contributed by atoms with Crippen molar-refractivity contribution in [3.05, 3.63) is 94.6 Å². The van der Waals surface area contributed by atoms with E-state index in [0.29, 0.717) is 12.1 Å². The monoisotopic (exact) mass is 482 g/mol. The maximum absolute atomic E-state index is 11.0. The predicted molar refractivity (Wildman–Crippen MR) is 125 cm³/mol. The molecule has 4 aromatic rings. The van der Waals surface area contributed by atoms with E-state index in [-0.39, 0.29) is 0 Å². The lowest BCUT2D eigenvalue weighted by molar-refractivity contribution is 0.570. The van der Waals surface area contributed by atoms with E-state index >= 15 is 0 Å². The summed E-state index contributed by atoms with van der Waals surface area (Å²) in [4.78, 5) is 0. The van der Waals surface area contributed by atoms with Gasteiger partial charge < -0.3 is 5.73 Å². The van der Waals surface area contributed by atoms with Crippen molar-refractivity contribution in [2.24, 2.45) is 0 Å². The Balaban J connectivity index is 1.73. The quantitative estimate of drug-likeness (QED) is 0.265. The molecule has 4 rings (SSSR count). The Morgan fingerprint density at radius 2 is 1.67 bits per heavy atom. The molecular weight excluding hydrogens is 464 g/mol. The maximum Gasteiger partial charge on any atom is 0.259 e. The van der Waals surface area contributed by atoms with Crippen molar-refractivity contribution >= 4 is 38.6 Å². The molecular formula is C22H19BrN4O2S. The van der Waals surface area contributed by atoms with Crippen LogP contribution in [-0.2, 0) is 17.7 Å². The number of nitrogen functional groups attached to an aromatic ring is 1. The largest absolute Gasteiger partial charge is 0.399 e. The van der Waals surface area contributed by atoms with Crippen LogP contribution in [0.3, 0.4) is 0 Å². The lowest BCUT2D eigenvalue weighted by Gasteiger charge is -2.09. The zero-order valence-corrected chi connectivity index (χ0v) is 18.2. The van der Waals surface area contributed by atoms with Crippen LogP contribution in [0.1, 0.15) is 11.3 Å². The van der Waals surface area contributed by atoms with Crippen LogP contribution in [0, 0.1) is 0 Å². The summed E-state index contributed by atoms with van der Waals surface area (Å²) in [6, 6.07) is 25.1. The molecule has 3 aromatic carbocycles. The molecule has 0 radical (unpaired) electrons. The van der Waals surface area contributed by atoms with Crippen LogP contribution in [0.5, 0.6) is 0 Å². The number of nitrogens with zero attached hydrogens (tertiary/aromatic N) is 2. The molecule has 0 aliphatic heterocycles. The lowest BCUT2D eigenvalue weighted by atomic mass is 10.1. The van der Waals surface area contributed by atoms with Gasteiger partial charge in [-0.25, -0.2) is 8.89 Å². The normalized spacial score (nSPS) is 11.9. The van der Waals surface area contributed by atoms with Gasteiger partial charge >= 0.3 is 0 Å². The van der Waals surface area contributed by atoms with E-state index in [9.17, 15) is 4.21 Å². The van der Waals surface area contributed by atoms with E-state index in [1.807, 2.05) is 65.3 Å². The highest BCUT2D eigenvalue weighted by Gasteiger charge is 2.13. The van der Waals surface area contributed by atoms with Gasteiger partial charge in [-0.1, -0.05) is 40.2 Å². The van der Waals surface area contributed by atoms with Gasteiger partial charge in [-0.15, -0.1) is 0 Å². The Labute approximate surface area is 185 Å². The Morgan fingerprint density at radius 3 is 2.30 bits per heavy atom. The summed E-state index contributed by atoms with van der Waals surface area (Å²) in [5.41, 5.74) is 12.0. The molecule has 0 amide bonds. The zero-order valence-electron chi connectivity index (χ0n) is 15.8. The maximum atomic E-state index is 11.0. The van der Waals surface area contributed by atoms with Crippen molar-refractivity contribution in [1.82, 2.24) is 9.78 Å². The van der Waals surface area contributed by atoms with Crippen LogP contribution in [0.15, 0.2) is 83.3 Å². The number of hydrogen-bond acceptors (Lipinski definition) is 3. The fraction of sp³-hybridized carbons (Fsp3) is 0.0455. The lowest BCUT2D eigenvalue weighted by Crippen LogP contribution is -2.03. The molecule has 4 N–H and O–H groups in total. The van der Waals surface area contributed by atoms with E-state index in [0.717, 1.165) is 38.4 Å². The van der Waals surface area contributed by atoms with Gasteiger partial charge in [0.15, 0.2) is 0 Å². The fourth-order valence-electron chi connectivity index (χ4n) is 3.16. The minimum absolute atomic E-state index is 0.555. The first-order valence-corrected chi connectivity index (χ1v) is 11.1. The van der Waals surface area contributed by atoms with Crippen molar-refractivity contribution in [3.8, 4) is 16.9 Å². The second kappa shape index (κ2) is 8.83. The molecule has 0 spiro atoms. The highest BCUT2D eigenvalue weighted by molar-refractivity contribution is 9.10. The highest BCUT2D eigenvalue weighted by atomic mass is 79.9. The van der Waals surface area contributed by atoms with Gasteiger partial charge in [-0.2, -0.15) is 5.10 Å². The molecule has 0 saturated carbocycles. The van der Waals surface area contributed by atoms with Crippen molar-refractivity contribution < 1.29 is 8.76 Å². The average molecular weight is 483 g/mol. The number of aromatic nitrogens is 2. The number of anilines is 2. The summed E-state index contributed by atoms with van der Waals surface area (Å²) in [6.45, 7) is 0. The van der Waals surface area contributed by atoms with Crippen molar-refractivity contribution in [2.45, 2.75) is 6.42 Å². The molecule has 1 heterocycles. The van der Waals surface area contributed by atoms with Gasteiger partial charge in [0.05, 0.1) is 17.1 Å². The van der Waals surface area contributed by atoms with E-state index in [2.05, 4.69) is 26.7 Å². The average Bonchev–Trinajstić information content (AvgIpc) is 3.14. The van der Waals surface area contributed by atoms with Crippen molar-refractivity contribution in [1.29, 1.82) is 0 Å². The molecule has 0 bridgehead atoms. The summed E-state index contributed by atoms with van der Waals surface area (Å²) in [5, 5.41) is 4.83. The highest BCUT2D eigenvalue weighted by Crippen LogP contribution is 2.27. The van der Waals surface area contributed by atoms with E-state index in [1.54, 1.807) is 12.1 Å². The second-order valence-corrected chi connectivity index (χ2v) is 8.37. The van der Waals surface area contributed by atoms with Gasteiger partial charge in [0, 0.05) is 27.8 Å². The summed E-state index contributed by atoms with van der Waals surface area (Å²) in [7, 11) is 0. The Morgan fingerprint density at radius 1 is 1.00 bits per heavy atom. The van der Waals surface area contributed by atoms with Crippen LogP contribution in [0.2, 0.25) is 0 Å². The van der Waals surface area contributed by atoms with Crippen LogP contribution in [0.4, 0.5) is 11.4 Å². The third-order valence-electron chi connectivity index (χ3n) is 4.58. The molecule has 1 atom stereocenters. The molecule has 0 aliphatic rings. The van der Waals surface area contributed by atoms with Gasteiger partial charge in [-0.3, -0.25) is 9.27 Å². The Bertz CT molecular complexity index is 1170. The summed E-state index contributed by atoms with van der Waals surface area (Å²) in [6.07, 6.45) is 0.680. The molecule has 0 fully saturated rings. The molecule has 1 aromatic heterocycles. The second-order valence-electron chi connectivity index (χ2n) is 6.76. The number of halogens is 1. The summed E-state index contributed by atoms with van der Waals surface area (Å²) >= 11 is 1.37. The zero-order chi connectivity index (χ0) is 21.1. The van der Waals surface area contributed by atoms with Crippen LogP contribution < -0.4 is 10.5 Å².